The Bertz CT molecular complexity index is 860. The van der Waals surface area contributed by atoms with E-state index in [0.29, 0.717) is 12.1 Å². The molecule has 2 aliphatic heterocycles. The van der Waals surface area contributed by atoms with Gasteiger partial charge in [0.05, 0.1) is 11.4 Å². The van der Waals surface area contributed by atoms with E-state index in [1.165, 1.54) is 11.1 Å². The largest absolute Gasteiger partial charge is 0.358 e. The normalized spacial score (nSPS) is 18.3. The van der Waals surface area contributed by atoms with Gasteiger partial charge in [-0.1, -0.05) is 29.8 Å². The fourth-order valence-electron chi connectivity index (χ4n) is 3.91. The molecular weight excluding hydrogens is 338 g/mol. The van der Waals surface area contributed by atoms with E-state index in [1.54, 1.807) is 6.07 Å². The van der Waals surface area contributed by atoms with Crippen molar-refractivity contribution >= 4 is 23.2 Å². The van der Waals surface area contributed by atoms with Crippen LogP contribution in [0.2, 0.25) is 0 Å². The monoisotopic (exact) mass is 363 g/mol. The van der Waals surface area contributed by atoms with Gasteiger partial charge in [0.25, 0.3) is 5.91 Å². The SMILES string of the molecule is Cc1ccc(CCNC(=O)c2ccc3c(c2)NC(=O)C2CCCCN32)cc1. The third-order valence-corrected chi connectivity index (χ3v) is 5.45. The van der Waals surface area contributed by atoms with Crippen LogP contribution in [0.4, 0.5) is 11.4 Å². The highest BCUT2D eigenvalue weighted by Crippen LogP contribution is 2.36. The molecule has 0 bridgehead atoms. The molecule has 0 aliphatic carbocycles. The van der Waals surface area contributed by atoms with Gasteiger partial charge in [-0.2, -0.15) is 0 Å². The van der Waals surface area contributed by atoms with Crippen LogP contribution in [-0.4, -0.2) is 30.9 Å². The number of aryl methyl sites for hydroxylation is 1. The molecule has 0 saturated carbocycles. The van der Waals surface area contributed by atoms with E-state index in [9.17, 15) is 9.59 Å². The molecule has 2 heterocycles. The van der Waals surface area contributed by atoms with Crippen LogP contribution >= 0.6 is 0 Å². The number of carbonyl (C=O) groups excluding carboxylic acids is 2. The van der Waals surface area contributed by atoms with Gasteiger partial charge in [0.15, 0.2) is 0 Å². The van der Waals surface area contributed by atoms with Gasteiger partial charge >= 0.3 is 0 Å². The van der Waals surface area contributed by atoms with Gasteiger partial charge in [0, 0.05) is 18.7 Å². The number of benzene rings is 2. The lowest BCUT2D eigenvalue weighted by atomic mass is 9.97. The molecule has 0 aromatic heterocycles. The first-order chi connectivity index (χ1) is 13.1. The summed E-state index contributed by atoms with van der Waals surface area (Å²) in [6.45, 7) is 3.54. The number of rotatable bonds is 4. The Morgan fingerprint density at radius 3 is 2.81 bits per heavy atom. The molecular formula is C22H25N3O2. The second kappa shape index (κ2) is 7.43. The van der Waals surface area contributed by atoms with Crippen molar-refractivity contribution in [3.05, 3.63) is 59.2 Å². The third kappa shape index (κ3) is 3.68. The van der Waals surface area contributed by atoms with E-state index >= 15 is 0 Å². The van der Waals surface area contributed by atoms with Crippen molar-refractivity contribution in [2.24, 2.45) is 0 Å². The van der Waals surface area contributed by atoms with E-state index in [1.807, 2.05) is 12.1 Å². The van der Waals surface area contributed by atoms with Gasteiger partial charge in [0.1, 0.15) is 6.04 Å². The van der Waals surface area contributed by atoms with Crippen molar-refractivity contribution in [1.29, 1.82) is 0 Å². The summed E-state index contributed by atoms with van der Waals surface area (Å²) in [5.74, 6) is -0.0703. The van der Waals surface area contributed by atoms with E-state index in [4.69, 9.17) is 0 Å². The molecule has 1 saturated heterocycles. The van der Waals surface area contributed by atoms with Crippen LogP contribution in [0.3, 0.4) is 0 Å². The molecule has 1 fully saturated rings. The first-order valence-electron chi connectivity index (χ1n) is 9.67. The summed E-state index contributed by atoms with van der Waals surface area (Å²) in [6.07, 6.45) is 3.88. The molecule has 5 nitrogen and oxygen atoms in total. The highest BCUT2D eigenvalue weighted by atomic mass is 16.2. The quantitative estimate of drug-likeness (QED) is 0.876. The van der Waals surface area contributed by atoms with E-state index in [-0.39, 0.29) is 17.9 Å². The summed E-state index contributed by atoms with van der Waals surface area (Å²) in [6, 6.07) is 13.9. The number of hydrogen-bond donors (Lipinski definition) is 2. The minimum absolute atomic E-state index is 0.0409. The second-order valence-electron chi connectivity index (χ2n) is 7.42. The fourth-order valence-corrected chi connectivity index (χ4v) is 3.91. The van der Waals surface area contributed by atoms with Crippen LogP contribution in [0.15, 0.2) is 42.5 Å². The third-order valence-electron chi connectivity index (χ3n) is 5.45. The zero-order chi connectivity index (χ0) is 18.8. The van der Waals surface area contributed by atoms with E-state index in [0.717, 1.165) is 43.6 Å². The van der Waals surface area contributed by atoms with Crippen molar-refractivity contribution in [2.75, 3.05) is 23.3 Å². The smallest absolute Gasteiger partial charge is 0.251 e. The fraction of sp³-hybridized carbons (Fsp3) is 0.364. The summed E-state index contributed by atoms with van der Waals surface area (Å²) in [4.78, 5) is 27.1. The zero-order valence-electron chi connectivity index (χ0n) is 15.6. The number of hydrogen-bond acceptors (Lipinski definition) is 3. The molecule has 5 heteroatoms. The second-order valence-corrected chi connectivity index (χ2v) is 7.42. The lowest BCUT2D eigenvalue weighted by Crippen LogP contribution is -2.50. The summed E-state index contributed by atoms with van der Waals surface area (Å²) in [5, 5.41) is 5.95. The molecule has 1 atom stereocenters. The van der Waals surface area contributed by atoms with Gasteiger partial charge < -0.3 is 15.5 Å². The molecule has 1 unspecified atom stereocenters. The number of amides is 2. The summed E-state index contributed by atoms with van der Waals surface area (Å²) in [7, 11) is 0. The van der Waals surface area contributed by atoms with Gasteiger partial charge in [-0.05, 0) is 56.4 Å². The standard InChI is InChI=1S/C22H25N3O2/c1-15-5-7-16(8-6-15)11-12-23-21(26)17-9-10-19-18(14-17)24-22(27)20-4-2-3-13-25(19)20/h5-10,14,20H,2-4,11-13H2,1H3,(H,23,26)(H,24,27). The average Bonchev–Trinajstić information content (AvgIpc) is 2.69. The number of carbonyl (C=O) groups is 2. The Labute approximate surface area is 159 Å². The molecule has 2 aromatic carbocycles. The van der Waals surface area contributed by atoms with Crippen LogP contribution in [0.1, 0.15) is 40.7 Å². The maximum absolute atomic E-state index is 12.5. The van der Waals surface area contributed by atoms with Crippen LogP contribution in [0.5, 0.6) is 0 Å². The number of nitrogens with one attached hydrogen (secondary N) is 2. The van der Waals surface area contributed by atoms with Crippen molar-refractivity contribution in [1.82, 2.24) is 5.32 Å². The van der Waals surface area contributed by atoms with Crippen molar-refractivity contribution in [3.63, 3.8) is 0 Å². The number of anilines is 2. The molecule has 2 N–H and O–H groups in total. The number of piperidine rings is 1. The Kier molecular flexibility index (Phi) is 4.84. The van der Waals surface area contributed by atoms with Gasteiger partial charge in [-0.25, -0.2) is 0 Å². The highest BCUT2D eigenvalue weighted by Gasteiger charge is 2.34. The predicted octanol–water partition coefficient (Wildman–Crippen LogP) is 3.28. The molecule has 27 heavy (non-hydrogen) atoms. The van der Waals surface area contributed by atoms with Crippen LogP contribution in [0.25, 0.3) is 0 Å². The topological polar surface area (TPSA) is 61.4 Å². The van der Waals surface area contributed by atoms with E-state index < -0.39 is 0 Å². The highest BCUT2D eigenvalue weighted by molar-refractivity contribution is 6.05. The first-order valence-corrected chi connectivity index (χ1v) is 9.67. The van der Waals surface area contributed by atoms with E-state index in [2.05, 4.69) is 46.7 Å². The molecule has 4 rings (SSSR count). The van der Waals surface area contributed by atoms with Gasteiger partial charge in [-0.3, -0.25) is 9.59 Å². The molecule has 140 valence electrons. The summed E-state index contributed by atoms with van der Waals surface area (Å²) >= 11 is 0. The maximum Gasteiger partial charge on any atom is 0.251 e. The summed E-state index contributed by atoms with van der Waals surface area (Å²) in [5.41, 5.74) is 4.78. The van der Waals surface area contributed by atoms with Crippen molar-refractivity contribution < 1.29 is 9.59 Å². The molecule has 2 aromatic rings. The lowest BCUT2D eigenvalue weighted by molar-refractivity contribution is -0.118. The number of fused-ring (bicyclic) bond motifs is 3. The van der Waals surface area contributed by atoms with Gasteiger partial charge in [0.2, 0.25) is 5.91 Å². The average molecular weight is 363 g/mol. The Balaban J connectivity index is 1.42. The van der Waals surface area contributed by atoms with Crippen LogP contribution < -0.4 is 15.5 Å². The molecule has 0 radical (unpaired) electrons. The Morgan fingerprint density at radius 2 is 2.00 bits per heavy atom. The minimum Gasteiger partial charge on any atom is -0.358 e. The molecule has 2 aliphatic rings. The number of nitrogens with zero attached hydrogens (tertiary/aromatic N) is 1. The lowest BCUT2D eigenvalue weighted by Gasteiger charge is -2.41. The van der Waals surface area contributed by atoms with Crippen LogP contribution in [-0.2, 0) is 11.2 Å². The first kappa shape index (κ1) is 17.6. The van der Waals surface area contributed by atoms with Crippen molar-refractivity contribution in [3.8, 4) is 0 Å². The van der Waals surface area contributed by atoms with Crippen LogP contribution in [0, 0.1) is 6.92 Å². The summed E-state index contributed by atoms with van der Waals surface area (Å²) < 4.78 is 0. The predicted molar refractivity (Wildman–Crippen MR) is 107 cm³/mol. The maximum atomic E-state index is 12.5. The molecule has 0 spiro atoms. The Morgan fingerprint density at radius 1 is 1.19 bits per heavy atom. The molecule has 2 amide bonds. The van der Waals surface area contributed by atoms with Crippen molar-refractivity contribution in [2.45, 2.75) is 38.6 Å². The Hall–Kier alpha value is -2.82. The minimum atomic E-state index is -0.111. The van der Waals surface area contributed by atoms with Gasteiger partial charge in [-0.15, -0.1) is 0 Å². The zero-order valence-corrected chi connectivity index (χ0v) is 15.6.